The van der Waals surface area contributed by atoms with Crippen molar-refractivity contribution in [2.45, 2.75) is 27.2 Å². The number of carbonyl (C=O) groups excluding carboxylic acids is 2. The number of nitrogens with one attached hydrogen (secondary N) is 2. The van der Waals surface area contributed by atoms with Gasteiger partial charge in [-0.2, -0.15) is 0 Å². The first kappa shape index (κ1) is 19.3. The first-order valence-electron chi connectivity index (χ1n) is 8.47. The van der Waals surface area contributed by atoms with E-state index in [1.165, 1.54) is 5.56 Å². The summed E-state index contributed by atoms with van der Waals surface area (Å²) < 4.78 is 10.8. The lowest BCUT2D eigenvalue weighted by Crippen LogP contribution is -2.45. The molecule has 6 nitrogen and oxygen atoms in total. The second kappa shape index (κ2) is 9.46. The molecule has 26 heavy (non-hydrogen) atoms. The second-order valence-corrected chi connectivity index (χ2v) is 5.94. The number of benzene rings is 2. The summed E-state index contributed by atoms with van der Waals surface area (Å²) in [6.45, 7) is 5.53. The predicted octanol–water partition coefficient (Wildman–Crippen LogP) is 2.47. The zero-order valence-corrected chi connectivity index (χ0v) is 15.3. The molecule has 2 aromatic rings. The van der Waals surface area contributed by atoms with Gasteiger partial charge in [-0.05, 0) is 55.2 Å². The number of ether oxygens (including phenoxy) is 2. The van der Waals surface area contributed by atoms with Gasteiger partial charge in [0, 0.05) is 0 Å². The Morgan fingerprint density at radius 3 is 2.12 bits per heavy atom. The molecule has 0 saturated heterocycles. The molecular formula is C20H24N2O4. The lowest BCUT2D eigenvalue weighted by molar-refractivity contribution is -0.131. The van der Waals surface area contributed by atoms with Crippen LogP contribution in [0, 0.1) is 13.8 Å². The summed E-state index contributed by atoms with van der Waals surface area (Å²) in [4.78, 5) is 23.5. The molecule has 0 radical (unpaired) electrons. The maximum atomic E-state index is 11.8. The molecule has 0 saturated carbocycles. The third-order valence-electron chi connectivity index (χ3n) is 3.75. The van der Waals surface area contributed by atoms with E-state index in [0.29, 0.717) is 11.5 Å². The van der Waals surface area contributed by atoms with E-state index in [4.69, 9.17) is 9.47 Å². The molecule has 0 aliphatic carbocycles. The highest BCUT2D eigenvalue weighted by Crippen LogP contribution is 2.18. The van der Waals surface area contributed by atoms with Crippen LogP contribution in [-0.4, -0.2) is 25.0 Å². The van der Waals surface area contributed by atoms with E-state index in [2.05, 4.69) is 17.8 Å². The molecule has 6 heteroatoms. The Balaban J connectivity index is 1.69. The van der Waals surface area contributed by atoms with E-state index in [1.807, 2.05) is 56.3 Å². The van der Waals surface area contributed by atoms with E-state index < -0.39 is 11.8 Å². The first-order chi connectivity index (χ1) is 12.5. The van der Waals surface area contributed by atoms with Crippen molar-refractivity contribution in [3.63, 3.8) is 0 Å². The summed E-state index contributed by atoms with van der Waals surface area (Å²) in [6.07, 6.45) is 0.941. The molecule has 0 atom stereocenters. The molecule has 0 aliphatic rings. The van der Waals surface area contributed by atoms with Gasteiger partial charge in [-0.3, -0.25) is 20.4 Å². The predicted molar refractivity (Wildman–Crippen MR) is 99.0 cm³/mol. The largest absolute Gasteiger partial charge is 0.484 e. The minimum Gasteiger partial charge on any atom is -0.484 e. The Morgan fingerprint density at radius 2 is 1.50 bits per heavy atom. The monoisotopic (exact) mass is 356 g/mol. The number of carbonyl (C=O) groups is 2. The van der Waals surface area contributed by atoms with Gasteiger partial charge in [-0.15, -0.1) is 0 Å². The summed E-state index contributed by atoms with van der Waals surface area (Å²) in [5, 5.41) is 0. The summed E-state index contributed by atoms with van der Waals surface area (Å²) in [5.41, 5.74) is 7.77. The van der Waals surface area contributed by atoms with Crippen molar-refractivity contribution in [2.75, 3.05) is 13.2 Å². The van der Waals surface area contributed by atoms with Crippen LogP contribution >= 0.6 is 0 Å². The van der Waals surface area contributed by atoms with Gasteiger partial charge >= 0.3 is 0 Å². The van der Waals surface area contributed by atoms with Gasteiger partial charge in [-0.25, -0.2) is 0 Å². The lowest BCUT2D eigenvalue weighted by Gasteiger charge is -2.11. The van der Waals surface area contributed by atoms with Crippen LogP contribution in [0.1, 0.15) is 23.6 Å². The van der Waals surface area contributed by atoms with Crippen LogP contribution in [0.2, 0.25) is 0 Å². The van der Waals surface area contributed by atoms with Gasteiger partial charge in [-0.1, -0.05) is 31.2 Å². The highest BCUT2D eigenvalue weighted by atomic mass is 16.5. The zero-order chi connectivity index (χ0) is 18.9. The SMILES string of the molecule is CCc1ccc(OCC(=O)NNC(=O)COc2cc(C)ccc2C)cc1. The number of amides is 2. The van der Waals surface area contributed by atoms with E-state index in [-0.39, 0.29) is 13.2 Å². The van der Waals surface area contributed by atoms with Gasteiger partial charge in [0.1, 0.15) is 11.5 Å². The number of rotatable bonds is 7. The molecule has 2 amide bonds. The number of hydrazine groups is 1. The average molecular weight is 356 g/mol. The highest BCUT2D eigenvalue weighted by Gasteiger charge is 2.08. The quantitative estimate of drug-likeness (QED) is 0.747. The summed E-state index contributed by atoms with van der Waals surface area (Å²) in [7, 11) is 0. The lowest BCUT2D eigenvalue weighted by atomic mass is 10.1. The van der Waals surface area contributed by atoms with Gasteiger partial charge in [0.15, 0.2) is 13.2 Å². The van der Waals surface area contributed by atoms with Gasteiger partial charge in [0.25, 0.3) is 11.8 Å². The normalized spacial score (nSPS) is 10.1. The van der Waals surface area contributed by atoms with Crippen molar-refractivity contribution in [2.24, 2.45) is 0 Å². The third-order valence-corrected chi connectivity index (χ3v) is 3.75. The summed E-state index contributed by atoms with van der Waals surface area (Å²) >= 11 is 0. The molecular weight excluding hydrogens is 332 g/mol. The fourth-order valence-electron chi connectivity index (χ4n) is 2.19. The van der Waals surface area contributed by atoms with E-state index in [9.17, 15) is 9.59 Å². The summed E-state index contributed by atoms with van der Waals surface area (Å²) in [5.74, 6) is 0.337. The van der Waals surface area contributed by atoms with Crippen LogP contribution < -0.4 is 20.3 Å². The maximum Gasteiger partial charge on any atom is 0.276 e. The smallest absolute Gasteiger partial charge is 0.276 e. The fraction of sp³-hybridized carbons (Fsp3) is 0.300. The Hall–Kier alpha value is -3.02. The molecule has 0 spiro atoms. The molecule has 2 aromatic carbocycles. The van der Waals surface area contributed by atoms with Gasteiger partial charge < -0.3 is 9.47 Å². The Bertz CT molecular complexity index is 757. The molecule has 0 aromatic heterocycles. The topological polar surface area (TPSA) is 76.7 Å². The third kappa shape index (κ3) is 6.12. The number of aryl methyl sites for hydroxylation is 3. The van der Waals surface area contributed by atoms with Gasteiger partial charge in [0.2, 0.25) is 0 Å². The van der Waals surface area contributed by atoms with Crippen LogP contribution in [-0.2, 0) is 16.0 Å². The van der Waals surface area contributed by atoms with Gasteiger partial charge in [0.05, 0.1) is 0 Å². The molecule has 0 fully saturated rings. The second-order valence-electron chi connectivity index (χ2n) is 5.94. The number of hydrogen-bond donors (Lipinski definition) is 2. The van der Waals surface area contributed by atoms with Crippen LogP contribution in [0.3, 0.4) is 0 Å². The molecule has 138 valence electrons. The van der Waals surface area contributed by atoms with Crippen molar-refractivity contribution in [1.82, 2.24) is 10.9 Å². The van der Waals surface area contributed by atoms with E-state index in [0.717, 1.165) is 17.5 Å². The van der Waals surface area contributed by atoms with E-state index >= 15 is 0 Å². The first-order valence-corrected chi connectivity index (χ1v) is 8.47. The minimum atomic E-state index is -0.454. The van der Waals surface area contributed by atoms with Crippen molar-refractivity contribution in [1.29, 1.82) is 0 Å². The Labute approximate surface area is 153 Å². The van der Waals surface area contributed by atoms with Crippen LogP contribution in [0.4, 0.5) is 0 Å². The van der Waals surface area contributed by atoms with Crippen LogP contribution in [0.15, 0.2) is 42.5 Å². The van der Waals surface area contributed by atoms with Crippen molar-refractivity contribution < 1.29 is 19.1 Å². The number of hydrogen-bond acceptors (Lipinski definition) is 4. The molecule has 2 rings (SSSR count). The molecule has 0 bridgehead atoms. The minimum absolute atomic E-state index is 0.191. The van der Waals surface area contributed by atoms with Crippen LogP contribution in [0.5, 0.6) is 11.5 Å². The standard InChI is InChI=1S/C20H24N2O4/c1-4-16-7-9-17(10-8-16)25-12-19(23)21-22-20(24)13-26-18-11-14(2)5-6-15(18)3/h5-11H,4,12-13H2,1-3H3,(H,21,23)(H,22,24). The van der Waals surface area contributed by atoms with Crippen molar-refractivity contribution in [3.8, 4) is 11.5 Å². The maximum absolute atomic E-state index is 11.8. The van der Waals surface area contributed by atoms with Crippen LogP contribution in [0.25, 0.3) is 0 Å². The molecule has 0 unspecified atom stereocenters. The Morgan fingerprint density at radius 1 is 0.885 bits per heavy atom. The average Bonchev–Trinajstić information content (AvgIpc) is 2.65. The molecule has 0 aliphatic heterocycles. The van der Waals surface area contributed by atoms with Crippen molar-refractivity contribution >= 4 is 11.8 Å². The molecule has 2 N–H and O–H groups in total. The highest BCUT2D eigenvalue weighted by molar-refractivity contribution is 5.83. The van der Waals surface area contributed by atoms with Crippen molar-refractivity contribution in [3.05, 3.63) is 59.2 Å². The zero-order valence-electron chi connectivity index (χ0n) is 15.3. The molecule has 0 heterocycles. The Kier molecular flexibility index (Phi) is 7.02. The summed E-state index contributed by atoms with van der Waals surface area (Å²) in [6, 6.07) is 13.3. The fourth-order valence-corrected chi connectivity index (χ4v) is 2.19. The van der Waals surface area contributed by atoms with E-state index in [1.54, 1.807) is 0 Å².